The van der Waals surface area contributed by atoms with E-state index in [9.17, 15) is 10.1 Å². The smallest absolute Gasteiger partial charge is 0.225 e. The summed E-state index contributed by atoms with van der Waals surface area (Å²) in [5.41, 5.74) is 2.76. The molecule has 28 heavy (non-hydrogen) atoms. The number of hydrogen-bond donors (Lipinski definition) is 1. The van der Waals surface area contributed by atoms with Gasteiger partial charge in [0.15, 0.2) is 0 Å². The zero-order chi connectivity index (χ0) is 19.5. The van der Waals surface area contributed by atoms with Crippen molar-refractivity contribution in [2.75, 3.05) is 0 Å². The third-order valence-corrected chi connectivity index (χ3v) is 6.39. The fourth-order valence-electron chi connectivity index (χ4n) is 3.43. The molecule has 0 spiro atoms. The molecule has 1 N–H and O–H groups in total. The molecular formula is C23H17BrN2OS. The molecule has 0 fully saturated rings. The summed E-state index contributed by atoms with van der Waals surface area (Å²) in [5.74, 6) is 0.428. The lowest BCUT2D eigenvalue weighted by Gasteiger charge is -2.25. The van der Waals surface area contributed by atoms with Gasteiger partial charge in [-0.1, -0.05) is 70.5 Å². The average Bonchev–Trinajstić information content (AvgIpc) is 2.71. The second kappa shape index (κ2) is 8.22. The fourth-order valence-corrected chi connectivity index (χ4v) is 4.86. The van der Waals surface area contributed by atoms with E-state index in [2.05, 4.69) is 57.6 Å². The van der Waals surface area contributed by atoms with Crippen LogP contribution in [-0.2, 0) is 10.5 Å². The zero-order valence-electron chi connectivity index (χ0n) is 15.0. The Kier molecular flexibility index (Phi) is 5.52. The van der Waals surface area contributed by atoms with Gasteiger partial charge < -0.3 is 5.32 Å². The van der Waals surface area contributed by atoms with Crippen molar-refractivity contribution in [1.29, 1.82) is 5.26 Å². The number of allylic oxidation sites excluding steroid dienone is 1. The van der Waals surface area contributed by atoms with Gasteiger partial charge in [-0.05, 0) is 34.0 Å². The lowest BCUT2D eigenvalue weighted by atomic mass is 9.87. The minimum atomic E-state index is -0.213. The van der Waals surface area contributed by atoms with Crippen LogP contribution in [0.15, 0.2) is 81.8 Å². The Balaban J connectivity index is 1.62. The van der Waals surface area contributed by atoms with E-state index < -0.39 is 0 Å². The standard InChI is InChI=1S/C23H17BrN2OS/c24-19-7-3-6-18(11-19)20-12-22(27)26-23(21(20)13-25)28-14-15-8-9-16-4-1-2-5-17(16)10-15/h1-11,20H,12,14H2,(H,26,27)/t20-/m1/s1. The topological polar surface area (TPSA) is 52.9 Å². The number of nitriles is 1. The summed E-state index contributed by atoms with van der Waals surface area (Å²) in [6, 6.07) is 24.8. The number of fused-ring (bicyclic) bond motifs is 1. The predicted octanol–water partition coefficient (Wildman–Crippen LogP) is 5.87. The van der Waals surface area contributed by atoms with Gasteiger partial charge in [-0.3, -0.25) is 4.79 Å². The van der Waals surface area contributed by atoms with Crippen LogP contribution in [0.3, 0.4) is 0 Å². The number of rotatable bonds is 4. The zero-order valence-corrected chi connectivity index (χ0v) is 17.4. The fraction of sp³-hybridized carbons (Fsp3) is 0.130. The van der Waals surface area contributed by atoms with E-state index in [-0.39, 0.29) is 11.8 Å². The van der Waals surface area contributed by atoms with Gasteiger partial charge in [0.05, 0.1) is 16.7 Å². The summed E-state index contributed by atoms with van der Waals surface area (Å²) in [5, 5.41) is 15.8. The Hall–Kier alpha value is -2.55. The number of benzene rings is 3. The normalized spacial score (nSPS) is 16.7. The number of hydrogen-bond acceptors (Lipinski definition) is 3. The van der Waals surface area contributed by atoms with Crippen LogP contribution >= 0.6 is 27.7 Å². The molecule has 1 aliphatic rings. The number of thioether (sulfide) groups is 1. The lowest BCUT2D eigenvalue weighted by Crippen LogP contribution is -2.30. The number of amides is 1. The van der Waals surface area contributed by atoms with E-state index in [0.717, 1.165) is 15.6 Å². The van der Waals surface area contributed by atoms with Gasteiger partial charge in [0, 0.05) is 22.6 Å². The first-order valence-electron chi connectivity index (χ1n) is 8.94. The quantitative estimate of drug-likeness (QED) is 0.542. The molecule has 4 rings (SSSR count). The minimum Gasteiger partial charge on any atom is -0.320 e. The molecule has 1 aliphatic heterocycles. The molecule has 138 valence electrons. The summed E-state index contributed by atoms with van der Waals surface area (Å²) in [6.45, 7) is 0. The Morgan fingerprint density at radius 1 is 1.07 bits per heavy atom. The second-order valence-corrected chi connectivity index (χ2v) is 8.59. The highest BCUT2D eigenvalue weighted by Crippen LogP contribution is 2.37. The lowest BCUT2D eigenvalue weighted by molar-refractivity contribution is -0.120. The molecule has 0 aromatic heterocycles. The molecule has 0 saturated heterocycles. The highest BCUT2D eigenvalue weighted by atomic mass is 79.9. The van der Waals surface area contributed by atoms with E-state index in [4.69, 9.17) is 0 Å². The SMILES string of the molecule is N#CC1=C(SCc2ccc3ccccc3c2)NC(=O)C[C@@H]1c1cccc(Br)c1. The van der Waals surface area contributed by atoms with Crippen LogP contribution in [0, 0.1) is 11.3 Å². The largest absolute Gasteiger partial charge is 0.320 e. The van der Waals surface area contributed by atoms with Crippen molar-refractivity contribution in [3.05, 3.63) is 92.9 Å². The Morgan fingerprint density at radius 2 is 1.89 bits per heavy atom. The van der Waals surface area contributed by atoms with Crippen molar-refractivity contribution in [3.63, 3.8) is 0 Å². The maximum absolute atomic E-state index is 12.3. The van der Waals surface area contributed by atoms with E-state index in [0.29, 0.717) is 22.8 Å². The van der Waals surface area contributed by atoms with Gasteiger partial charge in [-0.2, -0.15) is 5.26 Å². The number of halogens is 1. The van der Waals surface area contributed by atoms with Gasteiger partial charge in [0.2, 0.25) is 5.91 Å². The molecule has 0 saturated carbocycles. The third-order valence-electron chi connectivity index (χ3n) is 4.80. The van der Waals surface area contributed by atoms with E-state index in [1.54, 1.807) is 0 Å². The van der Waals surface area contributed by atoms with Gasteiger partial charge in [-0.25, -0.2) is 0 Å². The molecule has 1 atom stereocenters. The Bertz CT molecular complexity index is 1130. The van der Waals surface area contributed by atoms with Crippen LogP contribution in [-0.4, -0.2) is 5.91 Å². The summed E-state index contributed by atoms with van der Waals surface area (Å²) in [6.07, 6.45) is 0.291. The maximum atomic E-state index is 12.3. The second-order valence-electron chi connectivity index (χ2n) is 6.68. The van der Waals surface area contributed by atoms with E-state index in [1.807, 2.05) is 36.4 Å². The van der Waals surface area contributed by atoms with Crippen LogP contribution in [0.2, 0.25) is 0 Å². The van der Waals surface area contributed by atoms with Gasteiger partial charge >= 0.3 is 0 Å². The summed E-state index contributed by atoms with van der Waals surface area (Å²) >= 11 is 4.99. The van der Waals surface area contributed by atoms with Gasteiger partial charge in [0.25, 0.3) is 0 Å². The van der Waals surface area contributed by atoms with E-state index in [1.165, 1.54) is 22.5 Å². The molecule has 0 bridgehead atoms. The minimum absolute atomic E-state index is 0.0509. The summed E-state index contributed by atoms with van der Waals surface area (Å²) in [4.78, 5) is 12.3. The average molecular weight is 449 g/mol. The van der Waals surface area contributed by atoms with Crippen molar-refractivity contribution in [2.45, 2.75) is 18.1 Å². The molecule has 3 nitrogen and oxygen atoms in total. The molecule has 1 amide bonds. The number of carbonyl (C=O) groups excluding carboxylic acids is 1. The van der Waals surface area contributed by atoms with Crippen molar-refractivity contribution in [1.82, 2.24) is 5.32 Å². The monoisotopic (exact) mass is 448 g/mol. The number of nitrogens with one attached hydrogen (secondary N) is 1. The summed E-state index contributed by atoms with van der Waals surface area (Å²) < 4.78 is 0.943. The molecule has 5 heteroatoms. The molecular weight excluding hydrogens is 432 g/mol. The number of carbonyl (C=O) groups is 1. The summed E-state index contributed by atoms with van der Waals surface area (Å²) in [7, 11) is 0. The van der Waals surface area contributed by atoms with Crippen molar-refractivity contribution in [3.8, 4) is 6.07 Å². The van der Waals surface area contributed by atoms with Crippen molar-refractivity contribution in [2.24, 2.45) is 0 Å². The molecule has 0 unspecified atom stereocenters. The highest BCUT2D eigenvalue weighted by molar-refractivity contribution is 9.10. The highest BCUT2D eigenvalue weighted by Gasteiger charge is 2.29. The third kappa shape index (κ3) is 3.99. The Morgan fingerprint density at radius 3 is 2.68 bits per heavy atom. The van der Waals surface area contributed by atoms with E-state index >= 15 is 0 Å². The van der Waals surface area contributed by atoms with Gasteiger partial charge in [0.1, 0.15) is 0 Å². The van der Waals surface area contributed by atoms with Gasteiger partial charge in [-0.15, -0.1) is 11.8 Å². The molecule has 0 radical (unpaired) electrons. The number of nitrogens with zero attached hydrogens (tertiary/aromatic N) is 1. The Labute approximate surface area is 176 Å². The first kappa shape index (κ1) is 18.8. The molecule has 3 aromatic rings. The first-order chi connectivity index (χ1) is 13.6. The van der Waals surface area contributed by atoms with Crippen LogP contribution in [0.5, 0.6) is 0 Å². The van der Waals surface area contributed by atoms with Crippen LogP contribution in [0.4, 0.5) is 0 Å². The molecule has 1 heterocycles. The first-order valence-corrected chi connectivity index (χ1v) is 10.7. The molecule has 0 aliphatic carbocycles. The van der Waals surface area contributed by atoms with Crippen LogP contribution in [0.25, 0.3) is 10.8 Å². The van der Waals surface area contributed by atoms with Crippen LogP contribution in [0.1, 0.15) is 23.5 Å². The predicted molar refractivity (Wildman–Crippen MR) is 118 cm³/mol. The van der Waals surface area contributed by atoms with Crippen LogP contribution < -0.4 is 5.32 Å². The van der Waals surface area contributed by atoms with Crippen molar-refractivity contribution >= 4 is 44.4 Å². The molecule has 3 aromatic carbocycles. The maximum Gasteiger partial charge on any atom is 0.225 e. The van der Waals surface area contributed by atoms with Crippen molar-refractivity contribution < 1.29 is 4.79 Å².